The SMILES string of the molecule is CCCCNC(=O)[C@H](CC)N(Cc1ccccc1Cl)C(=O)CN(c1cccc(Cl)c1Cl)S(=O)(=O)c1ccccc1. The Morgan fingerprint density at radius 3 is 2.17 bits per heavy atom. The first-order valence-electron chi connectivity index (χ1n) is 12.9. The molecule has 3 rings (SSSR count). The third-order valence-corrected chi connectivity index (χ3v) is 9.28. The number of amides is 2. The van der Waals surface area contributed by atoms with Gasteiger partial charge in [0.1, 0.15) is 12.6 Å². The highest BCUT2D eigenvalue weighted by atomic mass is 35.5. The van der Waals surface area contributed by atoms with Crippen LogP contribution in [0.15, 0.2) is 77.7 Å². The number of hydrogen-bond acceptors (Lipinski definition) is 4. The van der Waals surface area contributed by atoms with Gasteiger partial charge >= 0.3 is 0 Å². The summed E-state index contributed by atoms with van der Waals surface area (Å²) in [5.41, 5.74) is 0.667. The minimum absolute atomic E-state index is 0.000708. The van der Waals surface area contributed by atoms with Crippen molar-refractivity contribution in [3.63, 3.8) is 0 Å². The van der Waals surface area contributed by atoms with E-state index in [-0.39, 0.29) is 33.1 Å². The van der Waals surface area contributed by atoms with Crippen molar-refractivity contribution in [2.24, 2.45) is 0 Å². The van der Waals surface area contributed by atoms with Crippen LogP contribution >= 0.6 is 34.8 Å². The molecule has 0 saturated heterocycles. The van der Waals surface area contributed by atoms with E-state index in [1.54, 1.807) is 55.5 Å². The van der Waals surface area contributed by atoms with Crippen molar-refractivity contribution in [2.75, 3.05) is 17.4 Å². The van der Waals surface area contributed by atoms with Gasteiger partial charge in [-0.3, -0.25) is 13.9 Å². The van der Waals surface area contributed by atoms with Gasteiger partial charge in [0.2, 0.25) is 11.8 Å². The van der Waals surface area contributed by atoms with Crippen LogP contribution in [0.3, 0.4) is 0 Å². The second kappa shape index (κ2) is 14.7. The second-order valence-corrected chi connectivity index (χ2v) is 12.1. The van der Waals surface area contributed by atoms with Crippen LogP contribution in [-0.2, 0) is 26.2 Å². The molecule has 0 aliphatic rings. The number of benzene rings is 3. The maximum atomic E-state index is 14.1. The molecule has 0 aliphatic carbocycles. The number of halogens is 3. The first-order valence-corrected chi connectivity index (χ1v) is 15.5. The molecule has 0 fully saturated rings. The predicted octanol–water partition coefficient (Wildman–Crippen LogP) is 6.57. The van der Waals surface area contributed by atoms with Crippen molar-refractivity contribution in [3.8, 4) is 0 Å². The molecular weight excluding hydrogens is 593 g/mol. The monoisotopic (exact) mass is 623 g/mol. The molecule has 11 heteroatoms. The van der Waals surface area contributed by atoms with Crippen molar-refractivity contribution in [2.45, 2.75) is 50.6 Å². The van der Waals surface area contributed by atoms with Gasteiger partial charge in [0.15, 0.2) is 0 Å². The van der Waals surface area contributed by atoms with Crippen LogP contribution in [0.25, 0.3) is 0 Å². The summed E-state index contributed by atoms with van der Waals surface area (Å²) in [6.07, 6.45) is 1.99. The van der Waals surface area contributed by atoms with E-state index >= 15 is 0 Å². The Hall–Kier alpha value is -2.78. The molecule has 0 aromatic heterocycles. The van der Waals surface area contributed by atoms with Gasteiger partial charge in [-0.2, -0.15) is 0 Å². The van der Waals surface area contributed by atoms with Crippen LogP contribution in [0.2, 0.25) is 15.1 Å². The average molecular weight is 625 g/mol. The lowest BCUT2D eigenvalue weighted by molar-refractivity contribution is -0.140. The highest BCUT2D eigenvalue weighted by Gasteiger charge is 2.34. The quantitative estimate of drug-likeness (QED) is 0.218. The molecule has 40 heavy (non-hydrogen) atoms. The molecule has 7 nitrogen and oxygen atoms in total. The molecule has 1 atom stereocenters. The van der Waals surface area contributed by atoms with Crippen molar-refractivity contribution < 1.29 is 18.0 Å². The number of hydrogen-bond donors (Lipinski definition) is 1. The van der Waals surface area contributed by atoms with E-state index in [2.05, 4.69) is 5.32 Å². The molecule has 0 spiro atoms. The van der Waals surface area contributed by atoms with Gasteiger partial charge in [0.05, 0.1) is 20.6 Å². The van der Waals surface area contributed by atoms with Gasteiger partial charge in [-0.1, -0.05) is 97.5 Å². The van der Waals surface area contributed by atoms with Crippen LogP contribution in [0.1, 0.15) is 38.7 Å². The Morgan fingerprint density at radius 1 is 0.875 bits per heavy atom. The zero-order valence-corrected chi connectivity index (χ0v) is 25.4. The summed E-state index contributed by atoms with van der Waals surface area (Å²) < 4.78 is 28.7. The normalized spacial score (nSPS) is 12.0. The summed E-state index contributed by atoms with van der Waals surface area (Å²) >= 11 is 19.1. The predicted molar refractivity (Wildman–Crippen MR) is 161 cm³/mol. The Morgan fingerprint density at radius 2 is 1.52 bits per heavy atom. The fraction of sp³-hybridized carbons (Fsp3) is 0.310. The average Bonchev–Trinajstić information content (AvgIpc) is 2.94. The van der Waals surface area contributed by atoms with E-state index in [1.165, 1.54) is 29.2 Å². The fourth-order valence-electron chi connectivity index (χ4n) is 4.15. The highest BCUT2D eigenvalue weighted by Crippen LogP contribution is 2.35. The third kappa shape index (κ3) is 7.69. The van der Waals surface area contributed by atoms with Gasteiger partial charge in [-0.25, -0.2) is 8.42 Å². The summed E-state index contributed by atoms with van der Waals surface area (Å²) in [5.74, 6) is -0.928. The summed E-state index contributed by atoms with van der Waals surface area (Å²) in [6, 6.07) is 18.4. The zero-order valence-electron chi connectivity index (χ0n) is 22.3. The maximum absolute atomic E-state index is 14.1. The molecule has 3 aromatic rings. The van der Waals surface area contributed by atoms with Gasteiger partial charge in [-0.05, 0) is 48.7 Å². The first-order chi connectivity index (χ1) is 19.1. The molecule has 214 valence electrons. The van der Waals surface area contributed by atoms with Crippen molar-refractivity contribution in [3.05, 3.63) is 93.4 Å². The number of nitrogens with one attached hydrogen (secondary N) is 1. The number of rotatable bonds is 13. The van der Waals surface area contributed by atoms with Crippen LogP contribution < -0.4 is 9.62 Å². The van der Waals surface area contributed by atoms with Gasteiger partial charge in [-0.15, -0.1) is 0 Å². The summed E-state index contributed by atoms with van der Waals surface area (Å²) in [7, 11) is -4.26. The zero-order chi connectivity index (χ0) is 29.3. The lowest BCUT2D eigenvalue weighted by Crippen LogP contribution is -2.52. The summed E-state index contributed by atoms with van der Waals surface area (Å²) in [6.45, 7) is 3.65. The molecular formula is C29H32Cl3N3O4S. The Bertz CT molecular complexity index is 1420. The van der Waals surface area contributed by atoms with Crippen LogP contribution in [0.4, 0.5) is 5.69 Å². The van der Waals surface area contributed by atoms with Crippen LogP contribution in [0.5, 0.6) is 0 Å². The number of carbonyl (C=O) groups is 2. The van der Waals surface area contributed by atoms with Crippen molar-refractivity contribution >= 4 is 62.3 Å². The van der Waals surface area contributed by atoms with Crippen molar-refractivity contribution in [1.29, 1.82) is 0 Å². The second-order valence-electron chi connectivity index (χ2n) is 9.08. The molecule has 0 radical (unpaired) electrons. The fourth-order valence-corrected chi connectivity index (χ4v) is 6.24. The van der Waals surface area contributed by atoms with Crippen LogP contribution in [0, 0.1) is 0 Å². The number of carbonyl (C=O) groups excluding carboxylic acids is 2. The third-order valence-electron chi connectivity index (χ3n) is 6.32. The molecule has 0 heterocycles. The highest BCUT2D eigenvalue weighted by molar-refractivity contribution is 7.92. The molecule has 1 N–H and O–H groups in total. The molecule has 0 aliphatic heterocycles. The maximum Gasteiger partial charge on any atom is 0.264 e. The molecule has 0 unspecified atom stereocenters. The lowest BCUT2D eigenvalue weighted by atomic mass is 10.1. The Balaban J connectivity index is 2.08. The van der Waals surface area contributed by atoms with Gasteiger partial charge in [0, 0.05) is 18.1 Å². The minimum Gasteiger partial charge on any atom is -0.354 e. The van der Waals surface area contributed by atoms with E-state index in [9.17, 15) is 18.0 Å². The smallest absolute Gasteiger partial charge is 0.264 e. The summed E-state index contributed by atoms with van der Waals surface area (Å²) in [4.78, 5) is 28.6. The standard InChI is InChI=1S/C29H32Cl3N3O4S/c1-3-5-18-33-29(37)25(4-2)34(19-21-12-9-10-15-23(21)30)27(36)20-35(26-17-11-16-24(31)28(26)32)40(38,39)22-13-7-6-8-14-22/h6-17,25H,3-5,18-20H2,1-2H3,(H,33,37)/t25-/m0/s1. The minimum atomic E-state index is -4.26. The largest absolute Gasteiger partial charge is 0.354 e. The number of unbranched alkanes of at least 4 members (excludes halogenated alkanes) is 1. The van der Waals surface area contributed by atoms with E-state index < -0.39 is 28.5 Å². The first kappa shape index (κ1) is 31.7. The lowest BCUT2D eigenvalue weighted by Gasteiger charge is -2.33. The number of sulfonamides is 1. The van der Waals surface area contributed by atoms with Gasteiger partial charge < -0.3 is 10.2 Å². The number of anilines is 1. The molecule has 0 bridgehead atoms. The van der Waals surface area contributed by atoms with Crippen molar-refractivity contribution in [1.82, 2.24) is 10.2 Å². The van der Waals surface area contributed by atoms with Crippen LogP contribution in [-0.4, -0.2) is 44.3 Å². The van der Waals surface area contributed by atoms with E-state index in [1.807, 2.05) is 6.92 Å². The van der Waals surface area contributed by atoms with Gasteiger partial charge in [0.25, 0.3) is 10.0 Å². The summed E-state index contributed by atoms with van der Waals surface area (Å²) in [5, 5.41) is 3.43. The van der Waals surface area contributed by atoms with E-state index in [0.717, 1.165) is 17.1 Å². The van der Waals surface area contributed by atoms with E-state index in [4.69, 9.17) is 34.8 Å². The molecule has 3 aromatic carbocycles. The molecule has 0 saturated carbocycles. The van der Waals surface area contributed by atoms with E-state index in [0.29, 0.717) is 23.6 Å². The Kier molecular flexibility index (Phi) is 11.7. The topological polar surface area (TPSA) is 86.8 Å². The Labute approximate surface area is 251 Å². The number of nitrogens with zero attached hydrogens (tertiary/aromatic N) is 2. The molecule has 2 amide bonds.